The van der Waals surface area contributed by atoms with Gasteiger partial charge < -0.3 is 5.11 Å². The smallest absolute Gasteiger partial charge is 0.343 e. The highest BCUT2D eigenvalue weighted by Gasteiger charge is 2.17. The van der Waals surface area contributed by atoms with Crippen LogP contribution >= 0.6 is 0 Å². The number of aliphatic carboxylic acids is 1. The van der Waals surface area contributed by atoms with E-state index in [0.29, 0.717) is 0 Å². The number of carboxylic acid groups (broad SMARTS) is 1. The molecule has 1 unspecified atom stereocenters. The average Bonchev–Trinajstić information content (AvgIpc) is 2.21. The molecule has 1 aromatic carbocycles. The third kappa shape index (κ3) is 3.56. The number of aryl methyl sites for hydroxylation is 1. The van der Waals surface area contributed by atoms with Crippen LogP contribution in [0.25, 0.3) is 0 Å². The fourth-order valence-corrected chi connectivity index (χ4v) is 0.878. The predicted octanol–water partition coefficient (Wildman–Crippen LogP) is 3.12. The molecule has 0 aliphatic rings. The molecule has 0 fully saturated rings. The highest BCUT2D eigenvalue weighted by atomic mass is 19.1. The molecule has 0 aromatic heterocycles. The fraction of sp³-hybridized carbons (Fsp3) is 0.364. The number of benzene rings is 1. The minimum atomic E-state index is -1.91. The van der Waals surface area contributed by atoms with Crippen LogP contribution in [-0.4, -0.2) is 11.1 Å². The van der Waals surface area contributed by atoms with Gasteiger partial charge in [-0.3, -0.25) is 0 Å². The summed E-state index contributed by atoms with van der Waals surface area (Å²) in [5.74, 6) is -1.45. The Kier molecular flexibility index (Phi) is 5.53. The molecule has 0 aliphatic heterocycles. The highest BCUT2D eigenvalue weighted by Crippen LogP contribution is 2.17. The van der Waals surface area contributed by atoms with Crippen LogP contribution in [0.3, 0.4) is 0 Å². The molecule has 1 atom stereocenters. The van der Waals surface area contributed by atoms with E-state index in [1.807, 2.05) is 20.8 Å². The molecule has 0 bridgehead atoms. The summed E-state index contributed by atoms with van der Waals surface area (Å²) in [5, 5.41) is 8.33. The lowest BCUT2D eigenvalue weighted by atomic mass is 10.1. The third-order valence-corrected chi connectivity index (χ3v) is 1.59. The van der Waals surface area contributed by atoms with Crippen molar-refractivity contribution in [2.75, 3.05) is 0 Å². The largest absolute Gasteiger partial charge is 0.479 e. The Morgan fingerprint density at radius 3 is 2.07 bits per heavy atom. The highest BCUT2D eigenvalue weighted by molar-refractivity contribution is 5.74. The van der Waals surface area contributed by atoms with Crippen LogP contribution in [0.15, 0.2) is 24.3 Å². The van der Waals surface area contributed by atoms with Gasteiger partial charge in [0.15, 0.2) is 0 Å². The summed E-state index contributed by atoms with van der Waals surface area (Å²) < 4.78 is 12.8. The first kappa shape index (κ1) is 12.6. The van der Waals surface area contributed by atoms with Gasteiger partial charge in [-0.1, -0.05) is 43.7 Å². The van der Waals surface area contributed by atoms with E-state index in [9.17, 15) is 9.18 Å². The molecular weight excluding hydrogens is 183 g/mol. The Morgan fingerprint density at radius 2 is 1.71 bits per heavy atom. The van der Waals surface area contributed by atoms with E-state index >= 15 is 0 Å². The van der Waals surface area contributed by atoms with E-state index in [-0.39, 0.29) is 5.56 Å². The molecule has 0 aliphatic carbocycles. The first-order valence-corrected chi connectivity index (χ1v) is 4.54. The SMILES string of the molecule is CC.Cc1ccc(C(F)C(=O)O)cc1. The number of carbonyl (C=O) groups is 1. The van der Waals surface area contributed by atoms with Gasteiger partial charge in [-0.2, -0.15) is 0 Å². The van der Waals surface area contributed by atoms with Crippen molar-refractivity contribution in [3.63, 3.8) is 0 Å². The van der Waals surface area contributed by atoms with Gasteiger partial charge >= 0.3 is 5.97 Å². The van der Waals surface area contributed by atoms with Crippen molar-refractivity contribution < 1.29 is 14.3 Å². The van der Waals surface area contributed by atoms with Crippen LogP contribution in [0.4, 0.5) is 4.39 Å². The van der Waals surface area contributed by atoms with Crippen molar-refractivity contribution in [2.45, 2.75) is 26.9 Å². The van der Waals surface area contributed by atoms with E-state index in [1.54, 1.807) is 12.1 Å². The van der Waals surface area contributed by atoms with E-state index in [1.165, 1.54) is 12.1 Å². The topological polar surface area (TPSA) is 37.3 Å². The summed E-state index contributed by atoms with van der Waals surface area (Å²) >= 11 is 0. The number of hydrogen-bond acceptors (Lipinski definition) is 1. The lowest BCUT2D eigenvalue weighted by Crippen LogP contribution is -2.05. The van der Waals surface area contributed by atoms with Gasteiger partial charge in [0, 0.05) is 0 Å². The molecule has 0 saturated heterocycles. The number of rotatable bonds is 2. The van der Waals surface area contributed by atoms with Gasteiger partial charge in [-0.05, 0) is 12.5 Å². The van der Waals surface area contributed by atoms with Gasteiger partial charge in [-0.25, -0.2) is 9.18 Å². The number of alkyl halides is 1. The average molecular weight is 198 g/mol. The van der Waals surface area contributed by atoms with Crippen LogP contribution in [-0.2, 0) is 4.79 Å². The van der Waals surface area contributed by atoms with E-state index < -0.39 is 12.1 Å². The van der Waals surface area contributed by atoms with Crippen molar-refractivity contribution in [2.24, 2.45) is 0 Å². The van der Waals surface area contributed by atoms with Crippen molar-refractivity contribution in [3.05, 3.63) is 35.4 Å². The van der Waals surface area contributed by atoms with Gasteiger partial charge in [0.05, 0.1) is 0 Å². The van der Waals surface area contributed by atoms with Crippen molar-refractivity contribution in [1.29, 1.82) is 0 Å². The van der Waals surface area contributed by atoms with Gasteiger partial charge in [0.2, 0.25) is 6.17 Å². The molecule has 2 nitrogen and oxygen atoms in total. The molecule has 3 heteroatoms. The van der Waals surface area contributed by atoms with E-state index in [0.717, 1.165) is 5.56 Å². The van der Waals surface area contributed by atoms with Gasteiger partial charge in [0.1, 0.15) is 0 Å². The molecule has 1 N–H and O–H groups in total. The summed E-state index contributed by atoms with van der Waals surface area (Å²) in [6, 6.07) is 6.33. The Hall–Kier alpha value is -1.38. The molecule has 0 heterocycles. The van der Waals surface area contributed by atoms with E-state index in [2.05, 4.69) is 0 Å². The molecule has 1 rings (SSSR count). The van der Waals surface area contributed by atoms with Gasteiger partial charge in [0.25, 0.3) is 0 Å². The summed E-state index contributed by atoms with van der Waals surface area (Å²) in [6.45, 7) is 5.86. The zero-order chi connectivity index (χ0) is 11.1. The van der Waals surface area contributed by atoms with Crippen molar-refractivity contribution >= 4 is 5.97 Å². The minimum Gasteiger partial charge on any atom is -0.479 e. The second-order valence-corrected chi connectivity index (χ2v) is 2.61. The van der Waals surface area contributed by atoms with Gasteiger partial charge in [-0.15, -0.1) is 0 Å². The Balaban J connectivity index is 0.000000791. The Labute approximate surface area is 83.4 Å². The maximum Gasteiger partial charge on any atom is 0.343 e. The van der Waals surface area contributed by atoms with Crippen LogP contribution in [0.1, 0.15) is 31.1 Å². The Bertz CT molecular complexity index is 280. The molecule has 0 spiro atoms. The quantitative estimate of drug-likeness (QED) is 0.792. The molecule has 0 amide bonds. The fourth-order valence-electron chi connectivity index (χ4n) is 0.878. The van der Waals surface area contributed by atoms with Crippen LogP contribution < -0.4 is 0 Å². The third-order valence-electron chi connectivity index (χ3n) is 1.59. The summed E-state index contributed by atoms with van der Waals surface area (Å²) in [7, 11) is 0. The van der Waals surface area contributed by atoms with Crippen LogP contribution in [0.2, 0.25) is 0 Å². The lowest BCUT2D eigenvalue weighted by molar-refractivity contribution is -0.143. The van der Waals surface area contributed by atoms with Crippen molar-refractivity contribution in [1.82, 2.24) is 0 Å². The molecule has 1 aromatic rings. The second kappa shape index (κ2) is 6.13. The molecular formula is C11H15FO2. The normalized spacial score (nSPS) is 11.1. The van der Waals surface area contributed by atoms with Crippen LogP contribution in [0, 0.1) is 6.92 Å². The monoisotopic (exact) mass is 198 g/mol. The number of hydrogen-bond donors (Lipinski definition) is 1. The summed E-state index contributed by atoms with van der Waals surface area (Å²) in [6.07, 6.45) is -1.91. The zero-order valence-electron chi connectivity index (χ0n) is 8.62. The molecule has 14 heavy (non-hydrogen) atoms. The summed E-state index contributed by atoms with van der Waals surface area (Å²) in [4.78, 5) is 10.2. The maximum absolute atomic E-state index is 12.8. The molecule has 0 saturated carbocycles. The zero-order valence-corrected chi connectivity index (χ0v) is 8.62. The molecule has 0 radical (unpaired) electrons. The van der Waals surface area contributed by atoms with E-state index in [4.69, 9.17) is 5.11 Å². The second-order valence-electron chi connectivity index (χ2n) is 2.61. The van der Waals surface area contributed by atoms with Crippen molar-refractivity contribution in [3.8, 4) is 0 Å². The lowest BCUT2D eigenvalue weighted by Gasteiger charge is -2.02. The first-order chi connectivity index (χ1) is 6.61. The maximum atomic E-state index is 12.8. The standard InChI is InChI=1S/C9H9FO2.C2H6/c1-6-2-4-7(5-3-6)8(10)9(11)12;1-2/h2-5,8H,1H3,(H,11,12);1-2H3. The number of halogens is 1. The first-order valence-electron chi connectivity index (χ1n) is 4.54. The summed E-state index contributed by atoms with van der Waals surface area (Å²) in [5.41, 5.74) is 1.17. The molecule has 78 valence electrons. The minimum absolute atomic E-state index is 0.188. The number of carboxylic acids is 1. The predicted molar refractivity (Wildman–Crippen MR) is 54.0 cm³/mol. The Morgan fingerprint density at radius 1 is 1.29 bits per heavy atom. The van der Waals surface area contributed by atoms with Crippen LogP contribution in [0.5, 0.6) is 0 Å².